The lowest BCUT2D eigenvalue weighted by Crippen LogP contribution is -2.10. The van der Waals surface area contributed by atoms with E-state index in [9.17, 15) is 0 Å². The molecule has 2 aromatic rings. The zero-order chi connectivity index (χ0) is 11.4. The zero-order valence-corrected chi connectivity index (χ0v) is 9.09. The summed E-state index contributed by atoms with van der Waals surface area (Å²) in [6, 6.07) is 19.8. The standard InChI is InChI=1S/C14H12N2/c1-16(13-8-3-2-4-9-13)14-10-6-5-7-12(14)11-15/h2-10H,1H3. The molecule has 0 heterocycles. The Morgan fingerprint density at radius 2 is 1.56 bits per heavy atom. The molecule has 16 heavy (non-hydrogen) atoms. The third-order valence-corrected chi connectivity index (χ3v) is 2.53. The van der Waals surface area contributed by atoms with Gasteiger partial charge in [0.1, 0.15) is 6.07 Å². The molecule has 2 heteroatoms. The lowest BCUT2D eigenvalue weighted by atomic mass is 10.1. The summed E-state index contributed by atoms with van der Waals surface area (Å²) in [6.45, 7) is 0. The molecule has 0 amide bonds. The van der Waals surface area contributed by atoms with Crippen LogP contribution in [0.3, 0.4) is 0 Å². The Balaban J connectivity index is 2.42. The molecule has 0 aliphatic carbocycles. The fourth-order valence-corrected chi connectivity index (χ4v) is 1.65. The quantitative estimate of drug-likeness (QED) is 0.757. The van der Waals surface area contributed by atoms with Crippen molar-refractivity contribution in [1.29, 1.82) is 5.26 Å². The van der Waals surface area contributed by atoms with Crippen LogP contribution in [0.25, 0.3) is 0 Å². The van der Waals surface area contributed by atoms with Crippen molar-refractivity contribution in [1.82, 2.24) is 0 Å². The van der Waals surface area contributed by atoms with E-state index in [0.717, 1.165) is 11.4 Å². The van der Waals surface area contributed by atoms with Crippen LogP contribution in [0.2, 0.25) is 0 Å². The van der Waals surface area contributed by atoms with Crippen molar-refractivity contribution in [3.63, 3.8) is 0 Å². The summed E-state index contributed by atoms with van der Waals surface area (Å²) in [5, 5.41) is 9.04. The molecule has 0 aliphatic heterocycles. The van der Waals surface area contributed by atoms with Crippen molar-refractivity contribution in [2.75, 3.05) is 11.9 Å². The maximum atomic E-state index is 9.04. The molecule has 0 atom stereocenters. The van der Waals surface area contributed by atoms with Crippen LogP contribution in [0.1, 0.15) is 5.56 Å². The van der Waals surface area contributed by atoms with E-state index in [0.29, 0.717) is 5.56 Å². The molecule has 0 radical (unpaired) electrons. The molecular formula is C14H12N2. The number of rotatable bonds is 2. The second-order valence-corrected chi connectivity index (χ2v) is 3.52. The third-order valence-electron chi connectivity index (χ3n) is 2.53. The van der Waals surface area contributed by atoms with Gasteiger partial charge in [0.25, 0.3) is 0 Å². The van der Waals surface area contributed by atoms with Crippen molar-refractivity contribution in [3.05, 3.63) is 60.2 Å². The van der Waals surface area contributed by atoms with Crippen LogP contribution in [0.5, 0.6) is 0 Å². The van der Waals surface area contributed by atoms with E-state index >= 15 is 0 Å². The molecule has 0 fully saturated rings. The molecule has 0 saturated heterocycles. The summed E-state index contributed by atoms with van der Waals surface area (Å²) in [6.07, 6.45) is 0. The summed E-state index contributed by atoms with van der Waals surface area (Å²) >= 11 is 0. The number of nitriles is 1. The average Bonchev–Trinajstić information content (AvgIpc) is 2.39. The SMILES string of the molecule is CN(c1ccccc1)c1ccccc1C#N. The predicted octanol–water partition coefficient (Wildman–Crippen LogP) is 3.33. The molecule has 78 valence electrons. The lowest BCUT2D eigenvalue weighted by Gasteiger charge is -2.20. The van der Waals surface area contributed by atoms with Gasteiger partial charge in [-0.25, -0.2) is 0 Å². The fourth-order valence-electron chi connectivity index (χ4n) is 1.65. The largest absolute Gasteiger partial charge is 0.344 e. The number of nitrogens with zero attached hydrogens (tertiary/aromatic N) is 2. The maximum absolute atomic E-state index is 9.04. The Hall–Kier alpha value is -2.27. The minimum absolute atomic E-state index is 0.689. The van der Waals surface area contributed by atoms with Crippen molar-refractivity contribution >= 4 is 11.4 Å². The molecule has 0 saturated carbocycles. The Kier molecular flexibility index (Phi) is 2.88. The van der Waals surface area contributed by atoms with E-state index < -0.39 is 0 Å². The number of para-hydroxylation sites is 2. The van der Waals surface area contributed by atoms with E-state index in [1.807, 2.05) is 66.5 Å². The summed E-state index contributed by atoms with van der Waals surface area (Å²) in [5.74, 6) is 0. The van der Waals surface area contributed by atoms with Gasteiger partial charge in [-0.3, -0.25) is 0 Å². The molecule has 0 N–H and O–H groups in total. The van der Waals surface area contributed by atoms with E-state index in [1.54, 1.807) is 0 Å². The number of benzene rings is 2. The van der Waals surface area contributed by atoms with Gasteiger partial charge >= 0.3 is 0 Å². The molecule has 2 rings (SSSR count). The molecular weight excluding hydrogens is 196 g/mol. The summed E-state index contributed by atoms with van der Waals surface area (Å²) in [7, 11) is 1.96. The van der Waals surface area contributed by atoms with Gasteiger partial charge < -0.3 is 4.90 Å². The van der Waals surface area contributed by atoms with E-state index in [2.05, 4.69) is 6.07 Å². The predicted molar refractivity (Wildman–Crippen MR) is 65.7 cm³/mol. The van der Waals surface area contributed by atoms with Gasteiger partial charge in [-0.1, -0.05) is 30.3 Å². The molecule has 0 spiro atoms. The van der Waals surface area contributed by atoms with E-state index in [1.165, 1.54) is 0 Å². The molecule has 0 aliphatic rings. The Morgan fingerprint density at radius 1 is 0.938 bits per heavy atom. The Bertz CT molecular complexity index is 512. The van der Waals surface area contributed by atoms with Crippen molar-refractivity contribution in [2.24, 2.45) is 0 Å². The Labute approximate surface area is 95.4 Å². The highest BCUT2D eigenvalue weighted by atomic mass is 15.1. The first-order chi connectivity index (χ1) is 7.83. The zero-order valence-electron chi connectivity index (χ0n) is 9.09. The highest BCUT2D eigenvalue weighted by Crippen LogP contribution is 2.25. The van der Waals surface area contributed by atoms with Gasteiger partial charge in [-0.2, -0.15) is 5.26 Å². The molecule has 0 bridgehead atoms. The molecule has 0 aromatic heterocycles. The number of hydrogen-bond acceptors (Lipinski definition) is 2. The van der Waals surface area contributed by atoms with Gasteiger partial charge in [-0.15, -0.1) is 0 Å². The average molecular weight is 208 g/mol. The lowest BCUT2D eigenvalue weighted by molar-refractivity contribution is 1.20. The minimum Gasteiger partial charge on any atom is -0.344 e. The van der Waals surface area contributed by atoms with E-state index in [4.69, 9.17) is 5.26 Å². The van der Waals surface area contributed by atoms with Gasteiger partial charge in [0.15, 0.2) is 0 Å². The first-order valence-corrected chi connectivity index (χ1v) is 5.11. The second-order valence-electron chi connectivity index (χ2n) is 3.52. The van der Waals surface area contributed by atoms with Crippen LogP contribution in [-0.2, 0) is 0 Å². The number of hydrogen-bond donors (Lipinski definition) is 0. The van der Waals surface area contributed by atoms with Crippen LogP contribution in [0.4, 0.5) is 11.4 Å². The van der Waals surface area contributed by atoms with E-state index in [-0.39, 0.29) is 0 Å². The van der Waals surface area contributed by atoms with Crippen LogP contribution in [0, 0.1) is 11.3 Å². The van der Waals surface area contributed by atoms with Crippen molar-refractivity contribution in [3.8, 4) is 6.07 Å². The van der Waals surface area contributed by atoms with Crippen LogP contribution in [-0.4, -0.2) is 7.05 Å². The summed E-state index contributed by atoms with van der Waals surface area (Å²) in [4.78, 5) is 2.01. The fraction of sp³-hybridized carbons (Fsp3) is 0.0714. The molecule has 2 aromatic carbocycles. The summed E-state index contributed by atoms with van der Waals surface area (Å²) < 4.78 is 0. The molecule has 2 nitrogen and oxygen atoms in total. The van der Waals surface area contributed by atoms with Crippen molar-refractivity contribution in [2.45, 2.75) is 0 Å². The topological polar surface area (TPSA) is 27.0 Å². The van der Waals surface area contributed by atoms with Gasteiger partial charge in [0, 0.05) is 12.7 Å². The monoisotopic (exact) mass is 208 g/mol. The number of anilines is 2. The normalized spacial score (nSPS) is 9.50. The second kappa shape index (κ2) is 4.50. The smallest absolute Gasteiger partial charge is 0.101 e. The Morgan fingerprint density at radius 3 is 2.25 bits per heavy atom. The molecule has 0 unspecified atom stereocenters. The third kappa shape index (κ3) is 1.89. The van der Waals surface area contributed by atoms with Gasteiger partial charge in [0.05, 0.1) is 11.3 Å². The first kappa shape index (κ1) is 10.3. The van der Waals surface area contributed by atoms with Crippen LogP contribution in [0.15, 0.2) is 54.6 Å². The van der Waals surface area contributed by atoms with Crippen LogP contribution < -0.4 is 4.90 Å². The highest BCUT2D eigenvalue weighted by molar-refractivity contribution is 5.68. The van der Waals surface area contributed by atoms with Gasteiger partial charge in [0.2, 0.25) is 0 Å². The van der Waals surface area contributed by atoms with Gasteiger partial charge in [-0.05, 0) is 24.3 Å². The minimum atomic E-state index is 0.689. The van der Waals surface area contributed by atoms with Crippen molar-refractivity contribution < 1.29 is 0 Å². The first-order valence-electron chi connectivity index (χ1n) is 5.11. The summed E-state index contributed by atoms with van der Waals surface area (Å²) in [5.41, 5.74) is 2.69. The highest BCUT2D eigenvalue weighted by Gasteiger charge is 2.07. The van der Waals surface area contributed by atoms with Crippen LogP contribution >= 0.6 is 0 Å². The maximum Gasteiger partial charge on any atom is 0.101 e.